The molecule has 0 amide bonds. The molecule has 0 radical (unpaired) electrons. The summed E-state index contributed by atoms with van der Waals surface area (Å²) in [4.78, 5) is 0. The van der Waals surface area contributed by atoms with Crippen LogP contribution in [0.4, 0.5) is 0 Å². The van der Waals surface area contributed by atoms with Gasteiger partial charge in [-0.2, -0.15) is 5.26 Å². The Bertz CT molecular complexity index is 418. The average molecular weight is 201 g/mol. The minimum Gasteiger partial charge on any atom is -0.381 e. The van der Waals surface area contributed by atoms with E-state index in [-0.39, 0.29) is 0 Å². The second kappa shape index (κ2) is 5.17. The number of hydrogen-bond donors (Lipinski definition) is 2. The van der Waals surface area contributed by atoms with E-state index >= 15 is 0 Å². The minimum absolute atomic E-state index is 0.537. The van der Waals surface area contributed by atoms with E-state index in [9.17, 15) is 5.11 Å². The van der Waals surface area contributed by atoms with Gasteiger partial charge in [-0.1, -0.05) is 24.0 Å². The molecule has 0 aliphatic rings. The average Bonchev–Trinajstić information content (AvgIpc) is 2.26. The van der Waals surface area contributed by atoms with Crippen molar-refractivity contribution in [2.75, 3.05) is 0 Å². The van der Waals surface area contributed by atoms with Crippen LogP contribution >= 0.6 is 0 Å². The molecule has 0 saturated carbocycles. The molecular weight excluding hydrogens is 190 g/mol. The lowest BCUT2D eigenvalue weighted by atomic mass is 10.1. The summed E-state index contributed by atoms with van der Waals surface area (Å²) in [5.74, 6) is 4.97. The zero-order valence-electron chi connectivity index (χ0n) is 8.31. The van der Waals surface area contributed by atoms with Gasteiger partial charge in [0.05, 0.1) is 11.6 Å². The number of hydrogen-bond acceptors (Lipinski definition) is 3. The number of rotatable bonds is 1. The molecule has 1 rings (SSSR count). The van der Waals surface area contributed by atoms with Crippen LogP contribution in [0.1, 0.15) is 24.2 Å². The van der Waals surface area contributed by atoms with Crippen molar-refractivity contribution in [1.82, 2.24) is 0 Å². The van der Waals surface area contributed by atoms with E-state index in [1.165, 1.54) is 6.92 Å². The standard InChI is InChI=1S/C12H11NO2/c1-9(14)2-7-12(15)11-5-3-10(8-13)4-6-11/h3-6,9,12,14-15H,1H3. The maximum absolute atomic E-state index is 9.57. The molecule has 2 N–H and O–H groups in total. The number of aliphatic hydroxyl groups excluding tert-OH is 2. The van der Waals surface area contributed by atoms with Crippen LogP contribution in [0.5, 0.6) is 0 Å². The van der Waals surface area contributed by atoms with E-state index in [2.05, 4.69) is 11.8 Å². The Labute approximate surface area is 88.6 Å². The lowest BCUT2D eigenvalue weighted by Crippen LogP contribution is -1.97. The van der Waals surface area contributed by atoms with Crippen molar-refractivity contribution >= 4 is 0 Å². The molecule has 1 aromatic rings. The van der Waals surface area contributed by atoms with Crippen LogP contribution in [0.15, 0.2) is 24.3 Å². The van der Waals surface area contributed by atoms with Crippen LogP contribution in [0.25, 0.3) is 0 Å². The van der Waals surface area contributed by atoms with Crippen LogP contribution < -0.4 is 0 Å². The highest BCUT2D eigenvalue weighted by Gasteiger charge is 2.02. The number of aliphatic hydroxyl groups is 2. The van der Waals surface area contributed by atoms with Gasteiger partial charge < -0.3 is 10.2 Å². The quantitative estimate of drug-likeness (QED) is 0.665. The zero-order valence-corrected chi connectivity index (χ0v) is 8.31. The zero-order chi connectivity index (χ0) is 11.3. The highest BCUT2D eigenvalue weighted by Crippen LogP contribution is 2.12. The van der Waals surface area contributed by atoms with Gasteiger partial charge in [-0.25, -0.2) is 0 Å². The lowest BCUT2D eigenvalue weighted by Gasteiger charge is -2.03. The second-order valence-electron chi connectivity index (χ2n) is 3.10. The minimum atomic E-state index is -0.924. The van der Waals surface area contributed by atoms with Gasteiger partial charge in [0.2, 0.25) is 0 Å². The third-order valence-corrected chi connectivity index (χ3v) is 1.78. The van der Waals surface area contributed by atoms with Crippen molar-refractivity contribution in [2.45, 2.75) is 19.1 Å². The van der Waals surface area contributed by atoms with Crippen molar-refractivity contribution in [1.29, 1.82) is 5.26 Å². The maximum Gasteiger partial charge on any atom is 0.140 e. The summed E-state index contributed by atoms with van der Waals surface area (Å²) in [6.07, 6.45) is -1.68. The van der Waals surface area contributed by atoms with Crippen molar-refractivity contribution in [2.24, 2.45) is 0 Å². The van der Waals surface area contributed by atoms with Gasteiger partial charge in [-0.05, 0) is 24.6 Å². The SMILES string of the molecule is CC(O)C#CC(O)c1ccc(C#N)cc1. The Morgan fingerprint density at radius 2 is 1.73 bits per heavy atom. The van der Waals surface area contributed by atoms with E-state index in [1.54, 1.807) is 24.3 Å². The Kier molecular flexibility index (Phi) is 3.88. The molecule has 2 atom stereocenters. The maximum atomic E-state index is 9.57. The first-order chi connectivity index (χ1) is 7.13. The van der Waals surface area contributed by atoms with E-state index in [0.717, 1.165) is 0 Å². The Morgan fingerprint density at radius 1 is 1.13 bits per heavy atom. The van der Waals surface area contributed by atoms with E-state index in [0.29, 0.717) is 11.1 Å². The largest absolute Gasteiger partial charge is 0.381 e. The van der Waals surface area contributed by atoms with Gasteiger partial charge in [0.1, 0.15) is 12.2 Å². The molecule has 0 fully saturated rings. The predicted molar refractivity (Wildman–Crippen MR) is 55.6 cm³/mol. The molecule has 15 heavy (non-hydrogen) atoms. The molecule has 0 aliphatic heterocycles. The van der Waals surface area contributed by atoms with Gasteiger partial charge in [-0.15, -0.1) is 0 Å². The van der Waals surface area contributed by atoms with Gasteiger partial charge in [0, 0.05) is 0 Å². The van der Waals surface area contributed by atoms with Crippen molar-refractivity contribution in [3.63, 3.8) is 0 Å². The Hall–Kier alpha value is -1.81. The van der Waals surface area contributed by atoms with Crippen LogP contribution in [-0.4, -0.2) is 16.3 Å². The van der Waals surface area contributed by atoms with Crippen LogP contribution in [0, 0.1) is 23.2 Å². The molecule has 3 heteroatoms. The molecule has 0 aliphatic carbocycles. The monoisotopic (exact) mass is 201 g/mol. The van der Waals surface area contributed by atoms with Crippen molar-refractivity contribution < 1.29 is 10.2 Å². The summed E-state index contributed by atoms with van der Waals surface area (Å²) in [5, 5.41) is 27.0. The summed E-state index contributed by atoms with van der Waals surface area (Å²) in [5.41, 5.74) is 1.15. The molecule has 2 unspecified atom stereocenters. The third-order valence-electron chi connectivity index (χ3n) is 1.78. The summed E-state index contributed by atoms with van der Waals surface area (Å²) in [7, 11) is 0. The highest BCUT2D eigenvalue weighted by atomic mass is 16.3. The third kappa shape index (κ3) is 3.44. The topological polar surface area (TPSA) is 64.2 Å². The Morgan fingerprint density at radius 3 is 2.20 bits per heavy atom. The first kappa shape index (κ1) is 11.3. The van der Waals surface area contributed by atoms with Gasteiger partial charge in [0.25, 0.3) is 0 Å². The molecule has 0 saturated heterocycles. The summed E-state index contributed by atoms with van der Waals surface area (Å²) < 4.78 is 0. The van der Waals surface area contributed by atoms with Crippen LogP contribution in [-0.2, 0) is 0 Å². The first-order valence-corrected chi connectivity index (χ1v) is 4.50. The number of benzene rings is 1. The first-order valence-electron chi connectivity index (χ1n) is 4.50. The van der Waals surface area contributed by atoms with Gasteiger partial charge in [-0.3, -0.25) is 0 Å². The molecule has 0 heterocycles. The van der Waals surface area contributed by atoms with E-state index in [1.807, 2.05) is 6.07 Å². The van der Waals surface area contributed by atoms with Gasteiger partial charge >= 0.3 is 0 Å². The smallest absolute Gasteiger partial charge is 0.140 e. The summed E-state index contributed by atoms with van der Waals surface area (Å²) >= 11 is 0. The predicted octanol–water partition coefficient (Wildman–Crippen LogP) is 0.976. The molecule has 3 nitrogen and oxygen atoms in total. The van der Waals surface area contributed by atoms with Crippen molar-refractivity contribution in [3.8, 4) is 17.9 Å². The molecule has 76 valence electrons. The summed E-state index contributed by atoms with van der Waals surface area (Å²) in [6.45, 7) is 1.53. The van der Waals surface area contributed by atoms with Crippen LogP contribution in [0.3, 0.4) is 0 Å². The molecule has 0 bridgehead atoms. The van der Waals surface area contributed by atoms with E-state index in [4.69, 9.17) is 10.4 Å². The Balaban J connectivity index is 2.81. The van der Waals surface area contributed by atoms with Gasteiger partial charge in [0.15, 0.2) is 0 Å². The highest BCUT2D eigenvalue weighted by molar-refractivity contribution is 5.34. The lowest BCUT2D eigenvalue weighted by molar-refractivity contribution is 0.233. The second-order valence-corrected chi connectivity index (χ2v) is 3.10. The molecule has 0 spiro atoms. The fourth-order valence-electron chi connectivity index (χ4n) is 1.02. The fraction of sp³-hybridized carbons (Fsp3) is 0.250. The van der Waals surface area contributed by atoms with Crippen LogP contribution in [0.2, 0.25) is 0 Å². The normalized spacial score (nSPS) is 13.2. The molecular formula is C12H11NO2. The van der Waals surface area contributed by atoms with Crippen molar-refractivity contribution in [3.05, 3.63) is 35.4 Å². The number of nitrogens with zero attached hydrogens (tertiary/aromatic N) is 1. The fourth-order valence-corrected chi connectivity index (χ4v) is 1.02. The molecule has 1 aromatic carbocycles. The summed E-state index contributed by atoms with van der Waals surface area (Å²) in [6, 6.07) is 8.49. The molecule has 0 aromatic heterocycles. The van der Waals surface area contributed by atoms with E-state index < -0.39 is 12.2 Å². The number of nitriles is 1.